The van der Waals surface area contributed by atoms with E-state index in [1.807, 2.05) is 12.1 Å². The Bertz CT molecular complexity index is 1400. The second kappa shape index (κ2) is 8.70. The van der Waals surface area contributed by atoms with Crippen molar-refractivity contribution >= 4 is 11.8 Å². The zero-order valence-electron chi connectivity index (χ0n) is 21.0. The number of hydrogen-bond donors (Lipinski definition) is 0. The van der Waals surface area contributed by atoms with E-state index >= 15 is 0 Å². The molecule has 4 aromatic carbocycles. The summed E-state index contributed by atoms with van der Waals surface area (Å²) in [4.78, 5) is 10.5. The van der Waals surface area contributed by atoms with Crippen LogP contribution in [0.4, 0.5) is 0 Å². The van der Waals surface area contributed by atoms with E-state index in [4.69, 9.17) is 19.5 Å². The van der Waals surface area contributed by atoms with Crippen LogP contribution in [0.5, 0.6) is 0 Å². The molecule has 186 valence electrons. The number of ether oxygens (including phenoxy) is 2. The Morgan fingerprint density at radius 2 is 0.789 bits per heavy atom. The van der Waals surface area contributed by atoms with Crippen LogP contribution < -0.4 is 0 Å². The molecule has 4 heteroatoms. The van der Waals surface area contributed by atoms with Gasteiger partial charge < -0.3 is 9.47 Å². The van der Waals surface area contributed by atoms with Crippen molar-refractivity contribution in [1.29, 1.82) is 0 Å². The first-order chi connectivity index (χ1) is 18.9. The first-order valence-corrected chi connectivity index (χ1v) is 13.6. The molecule has 4 atom stereocenters. The van der Waals surface area contributed by atoms with E-state index in [0.717, 1.165) is 11.8 Å². The summed E-state index contributed by atoms with van der Waals surface area (Å²) in [5.41, 5.74) is 7.91. The summed E-state index contributed by atoms with van der Waals surface area (Å²) in [6, 6.07) is 38.8. The van der Waals surface area contributed by atoms with Crippen molar-refractivity contribution in [1.82, 2.24) is 0 Å². The molecule has 4 aromatic rings. The van der Waals surface area contributed by atoms with Gasteiger partial charge in [-0.1, -0.05) is 109 Å². The molecule has 0 amide bonds. The van der Waals surface area contributed by atoms with Gasteiger partial charge in [0.2, 0.25) is 0 Å². The molecular formula is C34H28N2O2. The third-order valence-corrected chi connectivity index (χ3v) is 8.72. The number of benzene rings is 4. The molecule has 0 N–H and O–H groups in total. The monoisotopic (exact) mass is 496 g/mol. The van der Waals surface area contributed by atoms with Crippen molar-refractivity contribution in [3.63, 3.8) is 0 Å². The Hall–Kier alpha value is -4.18. The minimum atomic E-state index is 0.0151. The van der Waals surface area contributed by atoms with Gasteiger partial charge >= 0.3 is 0 Å². The Morgan fingerprint density at radius 3 is 1.16 bits per heavy atom. The van der Waals surface area contributed by atoms with Crippen molar-refractivity contribution in [3.05, 3.63) is 143 Å². The van der Waals surface area contributed by atoms with E-state index in [2.05, 4.69) is 97.1 Å². The van der Waals surface area contributed by atoms with Crippen LogP contribution in [0, 0.1) is 11.8 Å². The fraction of sp³-hybridized carbons (Fsp3) is 0.235. The van der Waals surface area contributed by atoms with Crippen molar-refractivity contribution in [3.8, 4) is 0 Å². The molecule has 38 heavy (non-hydrogen) atoms. The first kappa shape index (κ1) is 21.9. The lowest BCUT2D eigenvalue weighted by molar-refractivity contribution is 0.234. The van der Waals surface area contributed by atoms with Crippen molar-refractivity contribution in [2.75, 3.05) is 13.2 Å². The van der Waals surface area contributed by atoms with Crippen molar-refractivity contribution in [2.45, 2.75) is 23.9 Å². The van der Waals surface area contributed by atoms with E-state index in [-0.39, 0.29) is 35.8 Å². The van der Waals surface area contributed by atoms with E-state index in [9.17, 15) is 0 Å². The molecule has 0 saturated heterocycles. The number of fused-ring (bicyclic) bond motifs is 1. The molecule has 0 aromatic heterocycles. The Balaban J connectivity index is 1.29. The molecule has 0 spiro atoms. The van der Waals surface area contributed by atoms with Crippen molar-refractivity contribution in [2.24, 2.45) is 21.8 Å². The average Bonchev–Trinajstić information content (AvgIpc) is 3.69. The van der Waals surface area contributed by atoms with E-state index in [1.54, 1.807) is 0 Å². The molecule has 3 aliphatic carbocycles. The summed E-state index contributed by atoms with van der Waals surface area (Å²) in [5.74, 6) is 2.05. The maximum atomic E-state index is 6.48. The standard InChI is InChI=1S/C34H28N2O2/c1-3-11-21(12-4-1)27-19-37-33(35-27)31-29-23-15-7-9-17-25(23)30(26-18-10-8-16-24(26)29)32(31)34-36-28(20-38-34)22-13-5-2-6-14-22/h1-18,27-32H,19-20H2/t27-,28-,29?,30?,31-,32+/m0/s1. The van der Waals surface area contributed by atoms with Gasteiger partial charge in [0.1, 0.15) is 25.3 Å². The molecule has 9 rings (SSSR count). The van der Waals surface area contributed by atoms with Gasteiger partial charge in [-0.15, -0.1) is 0 Å². The third kappa shape index (κ3) is 3.29. The van der Waals surface area contributed by atoms with Crippen LogP contribution >= 0.6 is 0 Å². The SMILES string of the molecule is c1ccc([C@@H]2COC([C@@H]3C4c5ccccc5C(c5ccccc54)[C@@H]3C3=N[C@H](c4ccccc4)CO3)=N2)cc1. The van der Waals surface area contributed by atoms with Gasteiger partial charge in [0.05, 0.1) is 11.8 Å². The minimum absolute atomic E-state index is 0.0151. The molecule has 0 fully saturated rings. The Kier molecular flexibility index (Phi) is 5.00. The van der Waals surface area contributed by atoms with Crippen LogP contribution in [0.1, 0.15) is 57.3 Å². The first-order valence-electron chi connectivity index (χ1n) is 13.6. The maximum Gasteiger partial charge on any atom is 0.189 e. The Labute approximate surface area is 222 Å². The summed E-state index contributed by atoms with van der Waals surface area (Å²) in [6.07, 6.45) is 0. The summed E-state index contributed by atoms with van der Waals surface area (Å²) in [6.45, 7) is 1.15. The lowest BCUT2D eigenvalue weighted by Gasteiger charge is -2.49. The second-order valence-corrected chi connectivity index (χ2v) is 10.7. The maximum absolute atomic E-state index is 6.48. The predicted molar refractivity (Wildman–Crippen MR) is 149 cm³/mol. The molecule has 2 aliphatic heterocycles. The van der Waals surface area contributed by atoms with Crippen LogP contribution in [0.3, 0.4) is 0 Å². The molecule has 0 unspecified atom stereocenters. The fourth-order valence-electron chi connectivity index (χ4n) is 7.11. The van der Waals surface area contributed by atoms with Gasteiger partial charge in [0.15, 0.2) is 11.8 Å². The highest BCUT2D eigenvalue weighted by atomic mass is 16.5. The topological polar surface area (TPSA) is 43.2 Å². The van der Waals surface area contributed by atoms with Crippen LogP contribution in [0.15, 0.2) is 119 Å². The van der Waals surface area contributed by atoms with Gasteiger partial charge in [-0.05, 0) is 33.4 Å². The smallest absolute Gasteiger partial charge is 0.189 e. The summed E-state index contributed by atoms with van der Waals surface area (Å²) < 4.78 is 13.0. The van der Waals surface area contributed by atoms with Crippen LogP contribution in [0.25, 0.3) is 0 Å². The van der Waals surface area contributed by atoms with Crippen LogP contribution in [-0.2, 0) is 9.47 Å². The molecule has 0 saturated carbocycles. The van der Waals surface area contributed by atoms with Crippen LogP contribution in [-0.4, -0.2) is 25.0 Å². The quantitative estimate of drug-likeness (QED) is 0.310. The predicted octanol–water partition coefficient (Wildman–Crippen LogP) is 6.85. The Morgan fingerprint density at radius 1 is 0.447 bits per heavy atom. The van der Waals surface area contributed by atoms with Gasteiger partial charge in [-0.2, -0.15) is 0 Å². The molecule has 2 heterocycles. The molecule has 5 aliphatic rings. The normalized spacial score (nSPS) is 28.5. The third-order valence-electron chi connectivity index (χ3n) is 8.72. The second-order valence-electron chi connectivity index (χ2n) is 10.7. The zero-order chi connectivity index (χ0) is 25.1. The molecule has 2 bridgehead atoms. The lowest BCUT2D eigenvalue weighted by atomic mass is 9.54. The van der Waals surface area contributed by atoms with Crippen molar-refractivity contribution < 1.29 is 9.47 Å². The van der Waals surface area contributed by atoms with E-state index in [1.165, 1.54) is 33.4 Å². The molecule has 0 radical (unpaired) electrons. The molecular weight excluding hydrogens is 468 g/mol. The van der Waals surface area contributed by atoms with Gasteiger partial charge in [0, 0.05) is 11.8 Å². The highest BCUT2D eigenvalue weighted by Crippen LogP contribution is 2.60. The highest BCUT2D eigenvalue weighted by Gasteiger charge is 2.56. The number of aliphatic imine (C=N–C) groups is 2. The number of rotatable bonds is 4. The molecule has 4 nitrogen and oxygen atoms in total. The number of hydrogen-bond acceptors (Lipinski definition) is 4. The highest BCUT2D eigenvalue weighted by molar-refractivity contribution is 5.93. The zero-order valence-corrected chi connectivity index (χ0v) is 21.0. The average molecular weight is 497 g/mol. The van der Waals surface area contributed by atoms with Gasteiger partial charge in [-0.3, -0.25) is 0 Å². The lowest BCUT2D eigenvalue weighted by Crippen LogP contribution is -2.47. The summed E-state index contributed by atoms with van der Waals surface area (Å²) in [7, 11) is 0. The summed E-state index contributed by atoms with van der Waals surface area (Å²) in [5, 5.41) is 0. The van der Waals surface area contributed by atoms with Crippen LogP contribution in [0.2, 0.25) is 0 Å². The van der Waals surface area contributed by atoms with E-state index < -0.39 is 0 Å². The summed E-state index contributed by atoms with van der Waals surface area (Å²) >= 11 is 0. The van der Waals surface area contributed by atoms with Gasteiger partial charge in [-0.25, -0.2) is 9.98 Å². The largest absolute Gasteiger partial charge is 0.478 e. The van der Waals surface area contributed by atoms with Gasteiger partial charge in [0.25, 0.3) is 0 Å². The number of nitrogens with zero attached hydrogens (tertiary/aromatic N) is 2. The van der Waals surface area contributed by atoms with E-state index in [0.29, 0.717) is 13.2 Å². The minimum Gasteiger partial charge on any atom is -0.478 e. The fourth-order valence-corrected chi connectivity index (χ4v) is 7.11.